The monoisotopic (exact) mass is 538 g/mol. The third-order valence-electron chi connectivity index (χ3n) is 6.48. The molecule has 0 bridgehead atoms. The van der Waals surface area contributed by atoms with E-state index >= 15 is 0 Å². The second-order valence-corrected chi connectivity index (χ2v) is 10.1. The fraction of sp³-hybridized carbons (Fsp3) is 0.226. The van der Waals surface area contributed by atoms with Crippen LogP contribution in [0.25, 0.3) is 5.70 Å². The van der Waals surface area contributed by atoms with Crippen molar-refractivity contribution < 1.29 is 14.3 Å². The van der Waals surface area contributed by atoms with Gasteiger partial charge in [-0.1, -0.05) is 78.0 Å². The minimum Gasteiger partial charge on any atom is -0.463 e. The highest BCUT2D eigenvalue weighted by atomic mass is 32.2. The fourth-order valence-electron chi connectivity index (χ4n) is 4.75. The number of aromatic nitrogens is 1. The molecule has 0 saturated heterocycles. The van der Waals surface area contributed by atoms with Gasteiger partial charge in [0.25, 0.3) is 0 Å². The minimum absolute atomic E-state index is 0.0995. The van der Waals surface area contributed by atoms with E-state index in [2.05, 4.69) is 16.4 Å². The molecule has 2 aromatic carbocycles. The number of pyridine rings is 1. The number of rotatable bonds is 9. The van der Waals surface area contributed by atoms with Gasteiger partial charge in [0.15, 0.2) is 5.17 Å². The molecule has 3 aromatic rings. The second kappa shape index (κ2) is 12.1. The molecular weight excluding hydrogens is 508 g/mol. The number of aliphatic imine (C=N–C) groups is 1. The second-order valence-electron chi connectivity index (χ2n) is 9.25. The number of amidine groups is 1. The number of hydrogen-bond acceptors (Lipinski definition) is 7. The molecule has 39 heavy (non-hydrogen) atoms. The minimum atomic E-state index is -0.491. The molecular formula is C31H30N4O3S. The van der Waals surface area contributed by atoms with Gasteiger partial charge in [0.05, 0.1) is 30.3 Å². The first-order chi connectivity index (χ1) is 19.0. The Labute approximate surface area is 232 Å². The largest absolute Gasteiger partial charge is 0.463 e. The molecule has 0 radical (unpaired) electrons. The maximum absolute atomic E-state index is 13.6. The van der Waals surface area contributed by atoms with Crippen LogP contribution in [-0.2, 0) is 20.7 Å². The van der Waals surface area contributed by atoms with Crippen LogP contribution in [0.15, 0.2) is 101 Å². The first kappa shape index (κ1) is 26.4. The number of fused-ring (bicyclic) bond motifs is 1. The van der Waals surface area contributed by atoms with Gasteiger partial charge in [0.1, 0.15) is 0 Å². The quantitative estimate of drug-likeness (QED) is 0.367. The molecule has 1 aromatic heterocycles. The standard InChI is InChI=1S/C31H30N4O3S/c1-3-38-30(37)27-28(22-11-5-4-6-12-22)34-31-35(29(27)23-13-9-10-21(2)18-23)25(20-39-31)19-26(36)33-17-15-24-14-7-8-16-32-24/h4-14,16,18,20,29H,3,15,17,19H2,1-2H3,(H,33,36)/t29-/m0/s1. The predicted molar refractivity (Wildman–Crippen MR) is 154 cm³/mol. The summed E-state index contributed by atoms with van der Waals surface area (Å²) < 4.78 is 5.57. The third-order valence-corrected chi connectivity index (χ3v) is 7.37. The van der Waals surface area contributed by atoms with Crippen molar-refractivity contribution >= 4 is 34.5 Å². The van der Waals surface area contributed by atoms with E-state index < -0.39 is 12.0 Å². The summed E-state index contributed by atoms with van der Waals surface area (Å²) >= 11 is 1.46. The number of thioether (sulfide) groups is 1. The molecule has 8 heteroatoms. The average Bonchev–Trinajstić information content (AvgIpc) is 3.35. The van der Waals surface area contributed by atoms with Crippen molar-refractivity contribution in [1.29, 1.82) is 0 Å². The third kappa shape index (κ3) is 5.96. The zero-order chi connectivity index (χ0) is 27.2. The molecule has 1 amide bonds. The van der Waals surface area contributed by atoms with E-state index in [0.717, 1.165) is 33.2 Å². The highest BCUT2D eigenvalue weighted by Crippen LogP contribution is 2.47. The number of carbonyl (C=O) groups excluding carboxylic acids is 2. The van der Waals surface area contributed by atoms with E-state index in [1.807, 2.05) is 84.0 Å². The molecule has 1 atom stereocenters. The Balaban J connectivity index is 1.48. The van der Waals surface area contributed by atoms with Gasteiger partial charge in [-0.3, -0.25) is 9.78 Å². The first-order valence-corrected chi connectivity index (χ1v) is 13.9. The topological polar surface area (TPSA) is 83.9 Å². The Morgan fingerprint density at radius 3 is 2.62 bits per heavy atom. The number of nitrogens with one attached hydrogen (secondary N) is 1. The number of ether oxygens (including phenoxy) is 1. The van der Waals surface area contributed by atoms with Gasteiger partial charge >= 0.3 is 5.97 Å². The van der Waals surface area contributed by atoms with Crippen molar-refractivity contribution in [2.75, 3.05) is 13.2 Å². The van der Waals surface area contributed by atoms with Crippen molar-refractivity contribution in [2.24, 2.45) is 4.99 Å². The lowest BCUT2D eigenvalue weighted by atomic mass is 9.90. The number of nitrogens with zero attached hydrogens (tertiary/aromatic N) is 3. The summed E-state index contributed by atoms with van der Waals surface area (Å²) in [5, 5.41) is 5.69. The van der Waals surface area contributed by atoms with Gasteiger partial charge in [0, 0.05) is 36.1 Å². The van der Waals surface area contributed by atoms with Gasteiger partial charge < -0.3 is 15.0 Å². The molecule has 0 unspecified atom stereocenters. The summed E-state index contributed by atoms with van der Waals surface area (Å²) in [5.74, 6) is -0.515. The van der Waals surface area contributed by atoms with Crippen molar-refractivity contribution in [2.45, 2.75) is 32.7 Å². The number of amides is 1. The van der Waals surface area contributed by atoms with E-state index in [4.69, 9.17) is 9.73 Å². The lowest BCUT2D eigenvalue weighted by Gasteiger charge is -2.37. The van der Waals surface area contributed by atoms with Crippen LogP contribution in [0, 0.1) is 6.92 Å². The van der Waals surface area contributed by atoms with Crippen LogP contribution in [0.5, 0.6) is 0 Å². The summed E-state index contributed by atoms with van der Waals surface area (Å²) in [5.41, 5.74) is 5.61. The van der Waals surface area contributed by atoms with Crippen LogP contribution in [-0.4, -0.2) is 40.1 Å². The van der Waals surface area contributed by atoms with Crippen LogP contribution in [0.1, 0.15) is 41.8 Å². The SMILES string of the molecule is CCOC(=O)C1=C(c2ccccc2)N=C2SC=C(CC(=O)NCCc3ccccn3)N2[C@H]1c1cccc(C)c1. The van der Waals surface area contributed by atoms with Crippen LogP contribution >= 0.6 is 11.8 Å². The first-order valence-electron chi connectivity index (χ1n) is 13.0. The highest BCUT2D eigenvalue weighted by molar-refractivity contribution is 8.16. The Morgan fingerprint density at radius 1 is 1.05 bits per heavy atom. The Morgan fingerprint density at radius 2 is 1.87 bits per heavy atom. The fourth-order valence-corrected chi connectivity index (χ4v) is 5.67. The van der Waals surface area contributed by atoms with Gasteiger partial charge in [-0.25, -0.2) is 9.79 Å². The molecule has 7 nitrogen and oxygen atoms in total. The molecule has 2 aliphatic rings. The molecule has 2 aliphatic heterocycles. The zero-order valence-electron chi connectivity index (χ0n) is 22.0. The maximum Gasteiger partial charge on any atom is 0.338 e. The molecule has 3 heterocycles. The molecule has 0 spiro atoms. The molecule has 0 saturated carbocycles. The molecule has 5 rings (SSSR count). The maximum atomic E-state index is 13.6. The average molecular weight is 539 g/mol. The zero-order valence-corrected chi connectivity index (χ0v) is 22.8. The van der Waals surface area contributed by atoms with Crippen LogP contribution in [0.3, 0.4) is 0 Å². The van der Waals surface area contributed by atoms with Crippen LogP contribution < -0.4 is 5.32 Å². The molecule has 198 valence electrons. The highest BCUT2D eigenvalue weighted by Gasteiger charge is 2.42. The van der Waals surface area contributed by atoms with E-state index in [0.29, 0.717) is 24.2 Å². The normalized spacial score (nSPS) is 16.4. The van der Waals surface area contributed by atoms with Gasteiger partial charge in [-0.2, -0.15) is 0 Å². The molecule has 0 aliphatic carbocycles. The summed E-state index contributed by atoms with van der Waals surface area (Å²) in [4.78, 5) is 37.8. The Kier molecular flexibility index (Phi) is 8.22. The van der Waals surface area contributed by atoms with Gasteiger partial charge in [0.2, 0.25) is 5.91 Å². The number of carbonyl (C=O) groups is 2. The van der Waals surface area contributed by atoms with Crippen LogP contribution in [0.4, 0.5) is 0 Å². The number of benzene rings is 2. The van der Waals surface area contributed by atoms with Gasteiger partial charge in [-0.05, 0) is 37.0 Å². The van der Waals surface area contributed by atoms with Crippen molar-refractivity contribution in [1.82, 2.24) is 15.2 Å². The van der Waals surface area contributed by atoms with Crippen molar-refractivity contribution in [3.63, 3.8) is 0 Å². The van der Waals surface area contributed by atoms with E-state index in [1.165, 1.54) is 11.8 Å². The van der Waals surface area contributed by atoms with E-state index in [1.54, 1.807) is 13.1 Å². The van der Waals surface area contributed by atoms with Crippen molar-refractivity contribution in [3.8, 4) is 0 Å². The Bertz CT molecular complexity index is 1450. The van der Waals surface area contributed by atoms with E-state index in [9.17, 15) is 9.59 Å². The predicted octanol–water partition coefficient (Wildman–Crippen LogP) is 5.41. The molecule has 0 fully saturated rings. The lowest BCUT2D eigenvalue weighted by molar-refractivity contribution is -0.139. The van der Waals surface area contributed by atoms with E-state index in [-0.39, 0.29) is 18.9 Å². The number of aryl methyl sites for hydroxylation is 1. The Hall–Kier alpha value is -4.17. The summed E-state index contributed by atoms with van der Waals surface area (Å²) in [6, 6.07) is 23.0. The van der Waals surface area contributed by atoms with Crippen LogP contribution in [0.2, 0.25) is 0 Å². The summed E-state index contributed by atoms with van der Waals surface area (Å²) in [6.45, 7) is 4.56. The summed E-state index contributed by atoms with van der Waals surface area (Å²) in [6.07, 6.45) is 2.56. The van der Waals surface area contributed by atoms with Crippen molar-refractivity contribution in [3.05, 3.63) is 118 Å². The van der Waals surface area contributed by atoms with Gasteiger partial charge in [-0.15, -0.1) is 0 Å². The lowest BCUT2D eigenvalue weighted by Crippen LogP contribution is -2.38. The smallest absolute Gasteiger partial charge is 0.338 e. The number of esters is 1. The summed E-state index contributed by atoms with van der Waals surface area (Å²) in [7, 11) is 0. The molecule has 1 N–H and O–H groups in total. The number of hydrogen-bond donors (Lipinski definition) is 1.